The van der Waals surface area contributed by atoms with E-state index in [4.69, 9.17) is 9.47 Å². The first-order valence-electron chi connectivity index (χ1n) is 7.43. The molecule has 2 unspecified atom stereocenters. The van der Waals surface area contributed by atoms with Gasteiger partial charge in [0.25, 0.3) is 0 Å². The van der Waals surface area contributed by atoms with Crippen LogP contribution in [0.2, 0.25) is 0 Å². The Morgan fingerprint density at radius 2 is 2.15 bits per heavy atom. The van der Waals surface area contributed by atoms with Gasteiger partial charge in [0, 0.05) is 25.2 Å². The number of hydrogen-bond donors (Lipinski definition) is 1. The Bertz CT molecular complexity index is 394. The van der Waals surface area contributed by atoms with Gasteiger partial charge >= 0.3 is 0 Å². The molecule has 1 saturated heterocycles. The highest BCUT2D eigenvalue weighted by molar-refractivity contribution is 5.29. The topological polar surface area (TPSA) is 33.7 Å². The van der Waals surface area contributed by atoms with Gasteiger partial charge in [-0.1, -0.05) is 19.1 Å². The van der Waals surface area contributed by atoms with E-state index in [2.05, 4.69) is 36.2 Å². The molecule has 0 radical (unpaired) electrons. The third-order valence-electron chi connectivity index (χ3n) is 3.89. The predicted molar refractivity (Wildman–Crippen MR) is 81.3 cm³/mol. The summed E-state index contributed by atoms with van der Waals surface area (Å²) in [5.74, 6) is 0.906. The van der Waals surface area contributed by atoms with Crippen LogP contribution in [0.4, 0.5) is 0 Å². The summed E-state index contributed by atoms with van der Waals surface area (Å²) in [6.07, 6.45) is 0. The molecule has 0 aromatic heterocycles. The van der Waals surface area contributed by atoms with Crippen molar-refractivity contribution in [3.63, 3.8) is 0 Å². The molecule has 0 amide bonds. The lowest BCUT2D eigenvalue weighted by Gasteiger charge is -2.36. The highest BCUT2D eigenvalue weighted by Crippen LogP contribution is 2.20. The van der Waals surface area contributed by atoms with Gasteiger partial charge in [-0.05, 0) is 31.2 Å². The van der Waals surface area contributed by atoms with Crippen LogP contribution in [-0.2, 0) is 4.74 Å². The Kier molecular flexibility index (Phi) is 5.83. The molecule has 1 aromatic rings. The van der Waals surface area contributed by atoms with Crippen molar-refractivity contribution in [2.45, 2.75) is 25.9 Å². The second-order valence-corrected chi connectivity index (χ2v) is 5.30. The zero-order valence-electron chi connectivity index (χ0n) is 12.8. The van der Waals surface area contributed by atoms with Gasteiger partial charge in [-0.3, -0.25) is 4.90 Å². The van der Waals surface area contributed by atoms with E-state index in [1.807, 2.05) is 12.1 Å². The van der Waals surface area contributed by atoms with Crippen LogP contribution < -0.4 is 10.1 Å². The van der Waals surface area contributed by atoms with Gasteiger partial charge < -0.3 is 14.8 Å². The smallest absolute Gasteiger partial charge is 0.118 e. The monoisotopic (exact) mass is 278 g/mol. The van der Waals surface area contributed by atoms with Crippen molar-refractivity contribution in [1.29, 1.82) is 0 Å². The number of rotatable bonds is 6. The van der Waals surface area contributed by atoms with Crippen LogP contribution in [0.15, 0.2) is 24.3 Å². The lowest BCUT2D eigenvalue weighted by atomic mass is 10.0. The molecule has 2 atom stereocenters. The van der Waals surface area contributed by atoms with Crippen LogP contribution >= 0.6 is 0 Å². The third-order valence-corrected chi connectivity index (χ3v) is 3.89. The van der Waals surface area contributed by atoms with Crippen LogP contribution in [0.25, 0.3) is 0 Å². The predicted octanol–water partition coefficient (Wildman–Crippen LogP) is 2.07. The van der Waals surface area contributed by atoms with Crippen LogP contribution in [0, 0.1) is 0 Å². The summed E-state index contributed by atoms with van der Waals surface area (Å²) in [6, 6.07) is 9.20. The fourth-order valence-corrected chi connectivity index (χ4v) is 2.64. The van der Waals surface area contributed by atoms with E-state index < -0.39 is 0 Å². The summed E-state index contributed by atoms with van der Waals surface area (Å²) in [5, 5.41) is 3.58. The second kappa shape index (κ2) is 7.62. The van der Waals surface area contributed by atoms with Gasteiger partial charge in [-0.25, -0.2) is 0 Å². The fourth-order valence-electron chi connectivity index (χ4n) is 2.64. The molecule has 1 fully saturated rings. The van der Waals surface area contributed by atoms with Crippen LogP contribution in [0.3, 0.4) is 0 Å². The number of ether oxygens (including phenoxy) is 2. The minimum Gasteiger partial charge on any atom is -0.497 e. The van der Waals surface area contributed by atoms with Gasteiger partial charge in [0.15, 0.2) is 0 Å². The number of nitrogens with one attached hydrogen (secondary N) is 1. The van der Waals surface area contributed by atoms with Gasteiger partial charge in [0.2, 0.25) is 0 Å². The average Bonchev–Trinajstić information content (AvgIpc) is 2.49. The molecule has 4 heteroatoms. The normalized spacial score (nSPS) is 21.6. The number of methoxy groups -OCH3 is 1. The largest absolute Gasteiger partial charge is 0.497 e. The summed E-state index contributed by atoms with van der Waals surface area (Å²) < 4.78 is 10.7. The molecule has 1 aromatic carbocycles. The molecule has 2 rings (SSSR count). The lowest BCUT2D eigenvalue weighted by Crippen LogP contribution is -2.47. The highest BCUT2D eigenvalue weighted by atomic mass is 16.5. The minimum absolute atomic E-state index is 0.353. The average molecular weight is 278 g/mol. The molecule has 0 saturated carbocycles. The number of morpholine rings is 1. The standard InChI is InChI=1S/C16H26N2O2/c1-4-17-16(11-18-9-10-20-12-13(18)2)14-5-7-15(19-3)8-6-14/h5-8,13,16-17H,4,9-12H2,1-3H3. The van der Waals surface area contributed by atoms with E-state index in [9.17, 15) is 0 Å². The molecule has 0 bridgehead atoms. The minimum atomic E-state index is 0.353. The van der Waals surface area contributed by atoms with Gasteiger partial charge in [0.05, 0.1) is 20.3 Å². The Balaban J connectivity index is 2.04. The van der Waals surface area contributed by atoms with E-state index in [1.54, 1.807) is 7.11 Å². The molecule has 0 spiro atoms. The van der Waals surface area contributed by atoms with Crippen molar-refractivity contribution in [2.75, 3.05) is 40.0 Å². The zero-order chi connectivity index (χ0) is 14.4. The van der Waals surface area contributed by atoms with Crippen molar-refractivity contribution in [3.8, 4) is 5.75 Å². The van der Waals surface area contributed by atoms with Crippen LogP contribution in [-0.4, -0.2) is 50.9 Å². The maximum atomic E-state index is 5.51. The summed E-state index contributed by atoms with van der Waals surface area (Å²) in [7, 11) is 1.70. The Morgan fingerprint density at radius 1 is 1.40 bits per heavy atom. The summed E-state index contributed by atoms with van der Waals surface area (Å²) in [5.41, 5.74) is 1.31. The second-order valence-electron chi connectivity index (χ2n) is 5.30. The van der Waals surface area contributed by atoms with Gasteiger partial charge in [-0.15, -0.1) is 0 Å². The quantitative estimate of drug-likeness (QED) is 0.863. The first-order chi connectivity index (χ1) is 9.74. The van der Waals surface area contributed by atoms with Crippen molar-refractivity contribution < 1.29 is 9.47 Å². The first-order valence-corrected chi connectivity index (χ1v) is 7.43. The van der Waals surface area contributed by atoms with Gasteiger partial charge in [-0.2, -0.15) is 0 Å². The molecule has 1 heterocycles. The highest BCUT2D eigenvalue weighted by Gasteiger charge is 2.22. The van der Waals surface area contributed by atoms with Gasteiger partial charge in [0.1, 0.15) is 5.75 Å². The van der Waals surface area contributed by atoms with E-state index in [0.29, 0.717) is 12.1 Å². The van der Waals surface area contributed by atoms with Crippen molar-refractivity contribution >= 4 is 0 Å². The zero-order valence-corrected chi connectivity index (χ0v) is 12.8. The van der Waals surface area contributed by atoms with Crippen LogP contribution in [0.5, 0.6) is 5.75 Å². The molecular weight excluding hydrogens is 252 g/mol. The van der Waals surface area contributed by atoms with Crippen molar-refractivity contribution in [3.05, 3.63) is 29.8 Å². The third kappa shape index (κ3) is 3.95. The molecule has 20 heavy (non-hydrogen) atoms. The molecule has 1 aliphatic rings. The van der Waals surface area contributed by atoms with E-state index in [0.717, 1.165) is 38.6 Å². The number of likely N-dealkylation sites (N-methyl/N-ethyl adjacent to an activating group) is 1. The van der Waals surface area contributed by atoms with E-state index in [-0.39, 0.29) is 0 Å². The number of benzene rings is 1. The molecule has 0 aliphatic carbocycles. The summed E-state index contributed by atoms with van der Waals surface area (Å²) in [6.45, 7) is 9.06. The molecule has 112 valence electrons. The fraction of sp³-hybridized carbons (Fsp3) is 0.625. The lowest BCUT2D eigenvalue weighted by molar-refractivity contribution is -0.00442. The summed E-state index contributed by atoms with van der Waals surface area (Å²) in [4.78, 5) is 2.50. The molecule has 4 nitrogen and oxygen atoms in total. The number of hydrogen-bond acceptors (Lipinski definition) is 4. The molecular formula is C16H26N2O2. The molecule has 1 aliphatic heterocycles. The van der Waals surface area contributed by atoms with Crippen molar-refractivity contribution in [2.24, 2.45) is 0 Å². The van der Waals surface area contributed by atoms with Crippen molar-refractivity contribution in [1.82, 2.24) is 10.2 Å². The Labute approximate surface area is 122 Å². The maximum Gasteiger partial charge on any atom is 0.118 e. The Hall–Kier alpha value is -1.10. The van der Waals surface area contributed by atoms with E-state index >= 15 is 0 Å². The van der Waals surface area contributed by atoms with Crippen LogP contribution in [0.1, 0.15) is 25.5 Å². The number of nitrogens with zero attached hydrogens (tertiary/aromatic N) is 1. The van der Waals surface area contributed by atoms with E-state index in [1.165, 1.54) is 5.56 Å². The maximum absolute atomic E-state index is 5.51. The first kappa shape index (κ1) is 15.3. The SMILES string of the molecule is CCNC(CN1CCOCC1C)c1ccc(OC)cc1. The Morgan fingerprint density at radius 3 is 2.75 bits per heavy atom. The molecule has 1 N–H and O–H groups in total. The summed E-state index contributed by atoms with van der Waals surface area (Å²) >= 11 is 0.